The second kappa shape index (κ2) is 13.4. The van der Waals surface area contributed by atoms with E-state index < -0.39 is 18.4 Å². The van der Waals surface area contributed by atoms with Crippen molar-refractivity contribution < 1.29 is 9.53 Å². The van der Waals surface area contributed by atoms with Crippen LogP contribution in [0.3, 0.4) is 0 Å². The summed E-state index contributed by atoms with van der Waals surface area (Å²) in [6.07, 6.45) is 8.57. The number of anilines is 1. The summed E-state index contributed by atoms with van der Waals surface area (Å²) in [6, 6.07) is 10.7. The van der Waals surface area contributed by atoms with Crippen molar-refractivity contribution in [2.24, 2.45) is 0 Å². The van der Waals surface area contributed by atoms with E-state index in [9.17, 15) is 4.79 Å². The number of hydrogen-bond donors (Lipinski definition) is 0. The number of ether oxygens (including phenoxy) is 1. The summed E-state index contributed by atoms with van der Waals surface area (Å²) in [4.78, 5) is 14.6. The first-order valence-corrected chi connectivity index (χ1v) is 20.2. The molecule has 1 aromatic rings. The first-order valence-electron chi connectivity index (χ1n) is 12.1. The molecule has 4 heteroatoms. The van der Waals surface area contributed by atoms with Gasteiger partial charge >= 0.3 is 190 Å². The van der Waals surface area contributed by atoms with E-state index in [0.29, 0.717) is 6.42 Å². The quantitative estimate of drug-likeness (QED) is 0.148. The topological polar surface area (TPSA) is 29.5 Å². The van der Waals surface area contributed by atoms with Crippen LogP contribution >= 0.6 is 0 Å². The predicted octanol–water partition coefficient (Wildman–Crippen LogP) is 7.22. The van der Waals surface area contributed by atoms with E-state index in [0.717, 1.165) is 13.1 Å². The Morgan fingerprint density at radius 3 is 1.93 bits per heavy atom. The standard InChI is InChI=1S/C14H16NO2.3C4H9.Sn/c1-11-9-15(13-6-4-3-5-7-13)10-12(11)8-14(16)17-2;3*1-3-4-2;/h3-7H,1,8-10H2,2H3;3*1,3-4H2,2H3;. The number of rotatable bonds is 14. The molecule has 0 saturated carbocycles. The van der Waals surface area contributed by atoms with E-state index in [4.69, 9.17) is 4.74 Å². The summed E-state index contributed by atoms with van der Waals surface area (Å²) in [5, 5.41) is 0. The van der Waals surface area contributed by atoms with Crippen molar-refractivity contribution in [3.8, 4) is 0 Å². The van der Waals surface area contributed by atoms with Crippen molar-refractivity contribution >= 4 is 30.0 Å². The van der Waals surface area contributed by atoms with Crippen LogP contribution in [0.15, 0.2) is 41.5 Å². The van der Waals surface area contributed by atoms with Crippen LogP contribution in [0.2, 0.25) is 17.7 Å². The fourth-order valence-corrected chi connectivity index (χ4v) is 21.6. The van der Waals surface area contributed by atoms with Crippen LogP contribution in [0, 0.1) is 0 Å². The number of hydrogen-bond acceptors (Lipinski definition) is 3. The summed E-state index contributed by atoms with van der Waals surface area (Å²) in [6.45, 7) is 8.89. The number of carbonyl (C=O) groups excluding carboxylic acids is 1. The van der Waals surface area contributed by atoms with Crippen molar-refractivity contribution in [2.45, 2.75) is 83.5 Å². The summed E-state index contributed by atoms with van der Waals surface area (Å²) in [5.41, 5.74) is 4.20. The average Bonchev–Trinajstić information content (AvgIpc) is 3.17. The molecule has 1 aliphatic heterocycles. The Morgan fingerprint density at radius 2 is 1.43 bits per heavy atom. The minimum absolute atomic E-state index is 0.0890. The molecule has 0 aliphatic carbocycles. The van der Waals surface area contributed by atoms with E-state index in [2.05, 4.69) is 56.0 Å². The van der Waals surface area contributed by atoms with Crippen LogP contribution in [-0.4, -0.2) is 44.5 Å². The van der Waals surface area contributed by atoms with Gasteiger partial charge in [0.2, 0.25) is 0 Å². The van der Waals surface area contributed by atoms with Gasteiger partial charge in [0, 0.05) is 0 Å². The third kappa shape index (κ3) is 7.62. The molecule has 168 valence electrons. The maximum atomic E-state index is 12.2. The van der Waals surface area contributed by atoms with Crippen molar-refractivity contribution in [3.63, 3.8) is 0 Å². The fraction of sp³-hybridized carbons (Fsp3) is 0.654. The molecule has 0 N–H and O–H groups in total. The second-order valence-electron chi connectivity index (χ2n) is 9.14. The number of methoxy groups -OCH3 is 1. The number of carbonyl (C=O) groups is 1. The number of para-hydroxylation sites is 1. The van der Waals surface area contributed by atoms with Gasteiger partial charge in [0.1, 0.15) is 0 Å². The van der Waals surface area contributed by atoms with Crippen LogP contribution in [0.4, 0.5) is 5.69 Å². The molecule has 0 saturated heterocycles. The Balaban J connectivity index is 2.29. The molecule has 0 spiro atoms. The minimum atomic E-state index is -2.30. The van der Waals surface area contributed by atoms with Gasteiger partial charge in [-0.25, -0.2) is 0 Å². The van der Waals surface area contributed by atoms with Crippen molar-refractivity contribution in [1.82, 2.24) is 0 Å². The van der Waals surface area contributed by atoms with Crippen LogP contribution in [0.5, 0.6) is 0 Å². The first-order chi connectivity index (χ1) is 14.6. The molecular weight excluding hydrogens is 477 g/mol. The Kier molecular flexibility index (Phi) is 11.3. The molecule has 0 radical (unpaired) electrons. The monoisotopic (exact) mass is 521 g/mol. The van der Waals surface area contributed by atoms with E-state index >= 15 is 0 Å². The van der Waals surface area contributed by atoms with Crippen LogP contribution in [0.25, 0.3) is 0 Å². The summed E-state index contributed by atoms with van der Waals surface area (Å²) >= 11 is -2.30. The number of unbranched alkanes of at least 4 members (excludes halogenated alkanes) is 3. The van der Waals surface area contributed by atoms with Gasteiger partial charge in [-0.1, -0.05) is 0 Å². The number of nitrogens with zero attached hydrogens (tertiary/aromatic N) is 1. The molecule has 0 bridgehead atoms. The van der Waals surface area contributed by atoms with Crippen LogP contribution in [-0.2, 0) is 9.53 Å². The van der Waals surface area contributed by atoms with Gasteiger partial charge in [0.15, 0.2) is 0 Å². The molecule has 1 aliphatic rings. The van der Waals surface area contributed by atoms with Gasteiger partial charge in [-0.3, -0.25) is 0 Å². The van der Waals surface area contributed by atoms with Gasteiger partial charge in [-0.2, -0.15) is 0 Å². The Bertz CT molecular complexity index is 649. The molecular formula is C26H43NO2Sn. The van der Waals surface area contributed by atoms with E-state index in [-0.39, 0.29) is 5.97 Å². The van der Waals surface area contributed by atoms with E-state index in [1.54, 1.807) is 5.57 Å². The van der Waals surface area contributed by atoms with Crippen molar-refractivity contribution in [1.29, 1.82) is 0 Å². The molecule has 0 aromatic heterocycles. The van der Waals surface area contributed by atoms with Gasteiger partial charge in [0.25, 0.3) is 0 Å². The molecule has 1 heterocycles. The molecule has 0 amide bonds. The van der Waals surface area contributed by atoms with E-state index in [1.807, 2.05) is 0 Å². The molecule has 0 fully saturated rings. The molecule has 30 heavy (non-hydrogen) atoms. The Hall–Kier alpha value is -0.971. The summed E-state index contributed by atoms with van der Waals surface area (Å²) in [7, 11) is 1.51. The number of benzene rings is 1. The third-order valence-electron chi connectivity index (χ3n) is 6.74. The third-order valence-corrected chi connectivity index (χ3v) is 22.2. The first kappa shape index (κ1) is 25.3. The summed E-state index contributed by atoms with van der Waals surface area (Å²) in [5.74, 6) is -0.0890. The van der Waals surface area contributed by atoms with Crippen molar-refractivity contribution in [3.05, 3.63) is 41.5 Å². The normalized spacial score (nSPS) is 14.5. The SMILES string of the molecule is CCC[CH2][Sn]([CH2]CCC)([CH2]CCC)[CH2]C1=C(CC(=O)OC)CN(c2ccccc2)C1. The van der Waals surface area contributed by atoms with Gasteiger partial charge in [-0.05, 0) is 0 Å². The second-order valence-corrected chi connectivity index (χ2v) is 23.0. The predicted molar refractivity (Wildman–Crippen MR) is 132 cm³/mol. The zero-order chi connectivity index (χ0) is 21.8. The maximum absolute atomic E-state index is 12.2. The zero-order valence-corrected chi connectivity index (χ0v) is 22.7. The molecule has 3 nitrogen and oxygen atoms in total. The fourth-order valence-electron chi connectivity index (χ4n) is 4.92. The molecule has 2 rings (SSSR count). The van der Waals surface area contributed by atoms with Crippen molar-refractivity contribution in [2.75, 3.05) is 25.1 Å². The number of esters is 1. The zero-order valence-electron chi connectivity index (χ0n) is 19.8. The molecule has 1 aromatic carbocycles. The van der Waals surface area contributed by atoms with E-state index in [1.165, 1.54) is 74.6 Å². The summed E-state index contributed by atoms with van der Waals surface area (Å²) < 4.78 is 11.0. The average molecular weight is 520 g/mol. The molecule has 0 atom stereocenters. The molecule has 0 unspecified atom stereocenters. The van der Waals surface area contributed by atoms with Gasteiger partial charge in [0.05, 0.1) is 0 Å². The Morgan fingerprint density at radius 1 is 0.900 bits per heavy atom. The Labute approximate surface area is 189 Å². The van der Waals surface area contributed by atoms with Gasteiger partial charge < -0.3 is 0 Å². The van der Waals surface area contributed by atoms with Crippen LogP contribution in [0.1, 0.15) is 65.7 Å². The van der Waals surface area contributed by atoms with Gasteiger partial charge in [-0.15, -0.1) is 0 Å². The van der Waals surface area contributed by atoms with Crippen LogP contribution < -0.4 is 4.90 Å².